The second kappa shape index (κ2) is 8.31. The van der Waals surface area contributed by atoms with Crippen molar-refractivity contribution in [3.63, 3.8) is 0 Å². The fraction of sp³-hybridized carbons (Fsp3) is 0.263. The van der Waals surface area contributed by atoms with Crippen LogP contribution in [0.2, 0.25) is 0 Å². The maximum absolute atomic E-state index is 12.3. The largest absolute Gasteiger partial charge is 0.496 e. The number of carbonyl (C=O) groups excluding carboxylic acids is 2. The summed E-state index contributed by atoms with van der Waals surface area (Å²) in [5.74, 6) is -1.01. The van der Waals surface area contributed by atoms with Crippen molar-refractivity contribution in [2.24, 2.45) is 0 Å². The summed E-state index contributed by atoms with van der Waals surface area (Å²) in [7, 11) is 1.38. The minimum absolute atomic E-state index is 0.00968. The summed E-state index contributed by atoms with van der Waals surface area (Å²) in [4.78, 5) is 34.8. The predicted octanol–water partition coefficient (Wildman–Crippen LogP) is 3.32. The molecule has 0 aliphatic rings. The zero-order chi connectivity index (χ0) is 20.1. The smallest absolute Gasteiger partial charge is 0.339 e. The van der Waals surface area contributed by atoms with Gasteiger partial charge in [0, 0.05) is 0 Å². The third-order valence-corrected chi connectivity index (χ3v) is 3.89. The van der Waals surface area contributed by atoms with Crippen LogP contribution in [-0.2, 0) is 9.53 Å². The summed E-state index contributed by atoms with van der Waals surface area (Å²) in [6.45, 7) is 4.94. The van der Waals surface area contributed by atoms with E-state index < -0.39 is 23.4 Å². The molecule has 1 N–H and O–H groups in total. The molecule has 0 saturated heterocycles. The Morgan fingerprint density at radius 1 is 1.11 bits per heavy atom. The lowest BCUT2D eigenvalue weighted by Gasteiger charge is -2.11. The zero-order valence-electron chi connectivity index (χ0n) is 15.5. The van der Waals surface area contributed by atoms with Crippen LogP contribution in [0.15, 0.2) is 30.3 Å². The molecule has 0 heterocycles. The van der Waals surface area contributed by atoms with Crippen molar-refractivity contribution in [2.45, 2.75) is 20.8 Å². The van der Waals surface area contributed by atoms with E-state index in [1.807, 2.05) is 19.1 Å². The van der Waals surface area contributed by atoms with Crippen molar-refractivity contribution < 1.29 is 24.0 Å². The molecule has 2 aromatic carbocycles. The van der Waals surface area contributed by atoms with Crippen molar-refractivity contribution in [1.82, 2.24) is 0 Å². The van der Waals surface area contributed by atoms with Crippen LogP contribution in [-0.4, -0.2) is 30.5 Å². The van der Waals surface area contributed by atoms with E-state index in [1.54, 1.807) is 13.8 Å². The molecule has 8 heteroatoms. The minimum Gasteiger partial charge on any atom is -0.496 e. The SMILES string of the molecule is COc1ccc(NC(=O)COC(=O)c2c(C)cc(C)cc2C)c([N+](=O)[O-])c1. The molecule has 1 amide bonds. The van der Waals surface area contributed by atoms with Gasteiger partial charge in [-0.1, -0.05) is 17.7 Å². The number of esters is 1. The van der Waals surface area contributed by atoms with E-state index in [-0.39, 0.29) is 17.1 Å². The molecular formula is C19H20N2O6. The minimum atomic E-state index is -0.681. The number of nitro groups is 1. The van der Waals surface area contributed by atoms with Gasteiger partial charge in [-0.05, 0) is 44.0 Å². The molecule has 0 aliphatic heterocycles. The van der Waals surface area contributed by atoms with Gasteiger partial charge in [-0.2, -0.15) is 0 Å². The average molecular weight is 372 g/mol. The highest BCUT2D eigenvalue weighted by Crippen LogP contribution is 2.28. The number of nitrogens with zero attached hydrogens (tertiary/aromatic N) is 1. The lowest BCUT2D eigenvalue weighted by atomic mass is 10.00. The van der Waals surface area contributed by atoms with Crippen molar-refractivity contribution in [3.8, 4) is 5.75 Å². The molecule has 0 fully saturated rings. The summed E-state index contributed by atoms with van der Waals surface area (Å²) in [6.07, 6.45) is 0. The van der Waals surface area contributed by atoms with Crippen LogP contribution >= 0.6 is 0 Å². The summed E-state index contributed by atoms with van der Waals surface area (Å²) in [6, 6.07) is 7.73. The standard InChI is InChI=1S/C19H20N2O6/c1-11-7-12(2)18(13(3)8-11)19(23)27-10-17(22)20-15-6-5-14(26-4)9-16(15)21(24)25/h5-9H,10H2,1-4H3,(H,20,22). The molecule has 2 rings (SSSR count). The Bertz CT molecular complexity index is 884. The Balaban J connectivity index is 2.07. The average Bonchev–Trinajstić information content (AvgIpc) is 2.59. The Kier molecular flexibility index (Phi) is 6.12. The number of nitro benzene ring substituents is 1. The molecule has 0 aliphatic carbocycles. The van der Waals surface area contributed by atoms with Crippen molar-refractivity contribution in [1.29, 1.82) is 0 Å². The quantitative estimate of drug-likeness (QED) is 0.473. The topological polar surface area (TPSA) is 108 Å². The van der Waals surface area contributed by atoms with Crippen molar-refractivity contribution >= 4 is 23.3 Å². The van der Waals surface area contributed by atoms with E-state index in [4.69, 9.17) is 9.47 Å². The molecule has 8 nitrogen and oxygen atoms in total. The number of rotatable bonds is 6. The maximum atomic E-state index is 12.3. The zero-order valence-corrected chi connectivity index (χ0v) is 15.5. The fourth-order valence-corrected chi connectivity index (χ4v) is 2.79. The van der Waals surface area contributed by atoms with Gasteiger partial charge < -0.3 is 14.8 Å². The van der Waals surface area contributed by atoms with Gasteiger partial charge in [0.05, 0.1) is 23.7 Å². The third kappa shape index (κ3) is 4.81. The van der Waals surface area contributed by atoms with Gasteiger partial charge >= 0.3 is 5.97 Å². The molecule has 0 aromatic heterocycles. The van der Waals surface area contributed by atoms with Gasteiger partial charge in [0.1, 0.15) is 11.4 Å². The predicted molar refractivity (Wildman–Crippen MR) is 99.2 cm³/mol. The fourth-order valence-electron chi connectivity index (χ4n) is 2.79. The van der Waals surface area contributed by atoms with E-state index in [0.717, 1.165) is 16.7 Å². The Morgan fingerprint density at radius 3 is 2.30 bits per heavy atom. The number of nitrogens with one attached hydrogen (secondary N) is 1. The van der Waals surface area contributed by atoms with Crippen LogP contribution in [0.3, 0.4) is 0 Å². The summed E-state index contributed by atoms with van der Waals surface area (Å²) in [5.41, 5.74) is 2.60. The number of amides is 1. The number of anilines is 1. The van der Waals surface area contributed by atoms with E-state index in [1.165, 1.54) is 25.3 Å². The number of methoxy groups -OCH3 is 1. The Hall–Kier alpha value is -3.42. The molecule has 0 bridgehead atoms. The van der Waals surface area contributed by atoms with Gasteiger partial charge in [-0.3, -0.25) is 14.9 Å². The highest BCUT2D eigenvalue weighted by atomic mass is 16.6. The highest BCUT2D eigenvalue weighted by molar-refractivity contribution is 5.98. The van der Waals surface area contributed by atoms with Crippen LogP contribution in [0.25, 0.3) is 0 Å². The van der Waals surface area contributed by atoms with Crippen LogP contribution in [0.5, 0.6) is 5.75 Å². The molecule has 0 spiro atoms. The summed E-state index contributed by atoms with van der Waals surface area (Å²) < 4.78 is 10.0. The first-order valence-electron chi connectivity index (χ1n) is 8.10. The van der Waals surface area contributed by atoms with Gasteiger partial charge in [0.15, 0.2) is 6.61 Å². The molecule has 0 atom stereocenters. The molecule has 0 saturated carbocycles. The van der Waals surface area contributed by atoms with E-state index in [0.29, 0.717) is 5.56 Å². The van der Waals surface area contributed by atoms with Crippen LogP contribution in [0.4, 0.5) is 11.4 Å². The van der Waals surface area contributed by atoms with Crippen LogP contribution in [0, 0.1) is 30.9 Å². The second-order valence-corrected chi connectivity index (χ2v) is 6.04. The second-order valence-electron chi connectivity index (χ2n) is 6.04. The summed E-state index contributed by atoms with van der Waals surface area (Å²) >= 11 is 0. The van der Waals surface area contributed by atoms with E-state index in [9.17, 15) is 19.7 Å². The van der Waals surface area contributed by atoms with Crippen LogP contribution in [0.1, 0.15) is 27.0 Å². The van der Waals surface area contributed by atoms with Crippen molar-refractivity contribution in [3.05, 3.63) is 62.7 Å². The summed E-state index contributed by atoms with van der Waals surface area (Å²) in [5, 5.41) is 13.5. The molecule has 27 heavy (non-hydrogen) atoms. The highest BCUT2D eigenvalue weighted by Gasteiger charge is 2.19. The first-order valence-corrected chi connectivity index (χ1v) is 8.10. The normalized spacial score (nSPS) is 10.2. The number of hydrogen-bond donors (Lipinski definition) is 1. The van der Waals surface area contributed by atoms with Gasteiger partial charge in [-0.25, -0.2) is 4.79 Å². The maximum Gasteiger partial charge on any atom is 0.339 e. The molecule has 142 valence electrons. The number of aryl methyl sites for hydroxylation is 3. The Labute approximate surface area is 156 Å². The van der Waals surface area contributed by atoms with Gasteiger partial charge in [-0.15, -0.1) is 0 Å². The molecule has 0 radical (unpaired) electrons. The number of hydrogen-bond acceptors (Lipinski definition) is 6. The number of ether oxygens (including phenoxy) is 2. The van der Waals surface area contributed by atoms with Crippen molar-refractivity contribution in [2.75, 3.05) is 19.0 Å². The van der Waals surface area contributed by atoms with Crippen LogP contribution < -0.4 is 10.1 Å². The lowest BCUT2D eigenvalue weighted by Crippen LogP contribution is -2.22. The molecule has 2 aromatic rings. The first kappa shape index (κ1) is 19.9. The molecular weight excluding hydrogens is 352 g/mol. The third-order valence-electron chi connectivity index (χ3n) is 3.89. The first-order chi connectivity index (χ1) is 12.7. The van der Waals surface area contributed by atoms with Gasteiger partial charge in [0.25, 0.3) is 11.6 Å². The molecule has 0 unspecified atom stereocenters. The monoisotopic (exact) mass is 372 g/mol. The number of benzene rings is 2. The van der Waals surface area contributed by atoms with Gasteiger partial charge in [0.2, 0.25) is 0 Å². The van der Waals surface area contributed by atoms with E-state index >= 15 is 0 Å². The Morgan fingerprint density at radius 2 is 1.74 bits per heavy atom. The van der Waals surface area contributed by atoms with E-state index in [2.05, 4.69) is 5.32 Å². The lowest BCUT2D eigenvalue weighted by molar-refractivity contribution is -0.384. The number of carbonyl (C=O) groups is 2.